The van der Waals surface area contributed by atoms with E-state index < -0.39 is 10.0 Å². The minimum atomic E-state index is -3.39. The third-order valence-corrected chi connectivity index (χ3v) is 7.48. The Kier molecular flexibility index (Phi) is 5.13. The molecule has 6 heteroatoms. The highest BCUT2D eigenvalue weighted by Crippen LogP contribution is 2.35. The lowest BCUT2D eigenvalue weighted by Crippen LogP contribution is -2.33. The zero-order chi connectivity index (χ0) is 15.7. The van der Waals surface area contributed by atoms with Gasteiger partial charge in [-0.1, -0.05) is 20.8 Å². The molecule has 1 aliphatic rings. The minimum Gasteiger partial charge on any atom is -0.326 e. The first-order valence-electron chi connectivity index (χ1n) is 7.53. The quantitative estimate of drug-likeness (QED) is 0.926. The molecular weight excluding hydrogens is 304 g/mol. The summed E-state index contributed by atoms with van der Waals surface area (Å²) in [5, 5.41) is 1.81. The zero-order valence-corrected chi connectivity index (χ0v) is 14.8. The summed E-state index contributed by atoms with van der Waals surface area (Å²) in [7, 11) is -3.39. The molecule has 0 bridgehead atoms. The van der Waals surface area contributed by atoms with Crippen LogP contribution in [0.25, 0.3) is 0 Å². The maximum absolute atomic E-state index is 12.8. The third-order valence-electron chi connectivity index (χ3n) is 4.42. The van der Waals surface area contributed by atoms with Crippen LogP contribution in [0.15, 0.2) is 16.3 Å². The van der Waals surface area contributed by atoms with Gasteiger partial charge in [-0.2, -0.15) is 4.31 Å². The summed E-state index contributed by atoms with van der Waals surface area (Å²) in [4.78, 5) is 1.16. The van der Waals surface area contributed by atoms with Gasteiger partial charge in [0.2, 0.25) is 10.0 Å². The van der Waals surface area contributed by atoms with Crippen molar-refractivity contribution in [2.24, 2.45) is 17.1 Å². The van der Waals surface area contributed by atoms with Gasteiger partial charge in [0, 0.05) is 24.5 Å². The number of sulfonamides is 1. The molecular formula is C15H26N2O2S2. The molecule has 1 unspecified atom stereocenters. The van der Waals surface area contributed by atoms with E-state index >= 15 is 0 Å². The first-order valence-corrected chi connectivity index (χ1v) is 9.85. The molecule has 1 aromatic heterocycles. The van der Waals surface area contributed by atoms with E-state index in [0.29, 0.717) is 23.9 Å². The summed E-state index contributed by atoms with van der Waals surface area (Å²) in [6.45, 7) is 8.25. The summed E-state index contributed by atoms with van der Waals surface area (Å²) in [6, 6.07) is 1.69. The lowest BCUT2D eigenvalue weighted by Gasteiger charge is -2.29. The largest absolute Gasteiger partial charge is 0.326 e. The summed E-state index contributed by atoms with van der Waals surface area (Å²) >= 11 is 1.42. The molecule has 120 valence electrons. The third kappa shape index (κ3) is 3.67. The smallest absolute Gasteiger partial charge is 0.244 e. The molecule has 0 amide bonds. The van der Waals surface area contributed by atoms with E-state index in [4.69, 9.17) is 5.73 Å². The molecule has 2 N–H and O–H groups in total. The molecule has 0 radical (unpaired) electrons. The number of hydrogen-bond acceptors (Lipinski definition) is 4. The first kappa shape index (κ1) is 16.9. The molecule has 1 aromatic rings. The highest BCUT2D eigenvalue weighted by Gasteiger charge is 2.32. The topological polar surface area (TPSA) is 63.4 Å². The SMILES string of the molecule is CC(C)(C)C1CCCN(S(=O)(=O)c2ccsc2CN)CC1. The van der Waals surface area contributed by atoms with Crippen molar-refractivity contribution in [1.29, 1.82) is 0 Å². The minimum absolute atomic E-state index is 0.241. The van der Waals surface area contributed by atoms with E-state index in [2.05, 4.69) is 20.8 Å². The van der Waals surface area contributed by atoms with Gasteiger partial charge in [-0.15, -0.1) is 11.3 Å². The Bertz CT molecular complexity index is 573. The lowest BCUT2D eigenvalue weighted by molar-refractivity contribution is 0.217. The average molecular weight is 331 g/mol. The van der Waals surface area contributed by atoms with Gasteiger partial charge in [-0.3, -0.25) is 0 Å². The highest BCUT2D eigenvalue weighted by atomic mass is 32.2. The van der Waals surface area contributed by atoms with Crippen molar-refractivity contribution >= 4 is 21.4 Å². The summed E-state index contributed by atoms with van der Waals surface area (Å²) < 4.78 is 27.3. The van der Waals surface area contributed by atoms with Gasteiger partial charge in [-0.25, -0.2) is 8.42 Å². The molecule has 1 fully saturated rings. The Morgan fingerprint density at radius 2 is 2.05 bits per heavy atom. The van der Waals surface area contributed by atoms with E-state index in [1.807, 2.05) is 5.38 Å². The predicted molar refractivity (Wildman–Crippen MR) is 87.8 cm³/mol. The van der Waals surface area contributed by atoms with Gasteiger partial charge in [0.1, 0.15) is 0 Å². The second-order valence-electron chi connectivity index (χ2n) is 6.81. The molecule has 2 rings (SSSR count). The molecule has 1 atom stereocenters. The normalized spacial score (nSPS) is 22.2. The maximum Gasteiger partial charge on any atom is 0.244 e. The van der Waals surface area contributed by atoms with Crippen LogP contribution in [0.3, 0.4) is 0 Å². The Hall–Kier alpha value is -0.430. The van der Waals surface area contributed by atoms with Crippen LogP contribution in [0.2, 0.25) is 0 Å². The number of thiophene rings is 1. The van der Waals surface area contributed by atoms with E-state index in [0.717, 1.165) is 24.1 Å². The van der Waals surface area contributed by atoms with E-state index in [1.54, 1.807) is 10.4 Å². The summed E-state index contributed by atoms with van der Waals surface area (Å²) in [5.41, 5.74) is 5.90. The second kappa shape index (κ2) is 6.36. The Labute approximate surface area is 132 Å². The summed E-state index contributed by atoms with van der Waals surface area (Å²) in [5.74, 6) is 0.578. The van der Waals surface area contributed by atoms with Crippen molar-refractivity contribution in [2.45, 2.75) is 51.5 Å². The average Bonchev–Trinajstić information content (AvgIpc) is 2.73. The van der Waals surface area contributed by atoms with Crippen molar-refractivity contribution in [2.75, 3.05) is 13.1 Å². The van der Waals surface area contributed by atoms with Crippen molar-refractivity contribution < 1.29 is 8.42 Å². The molecule has 2 heterocycles. The molecule has 0 saturated carbocycles. The van der Waals surface area contributed by atoms with Gasteiger partial charge in [0.05, 0.1) is 4.90 Å². The van der Waals surface area contributed by atoms with Crippen LogP contribution in [0, 0.1) is 11.3 Å². The van der Waals surface area contributed by atoms with Crippen LogP contribution < -0.4 is 5.73 Å². The molecule has 0 aliphatic carbocycles. The van der Waals surface area contributed by atoms with Crippen LogP contribution in [0.5, 0.6) is 0 Å². The van der Waals surface area contributed by atoms with Crippen LogP contribution in [-0.2, 0) is 16.6 Å². The maximum atomic E-state index is 12.8. The fourth-order valence-electron chi connectivity index (χ4n) is 3.02. The molecule has 21 heavy (non-hydrogen) atoms. The van der Waals surface area contributed by atoms with E-state index in [1.165, 1.54) is 11.3 Å². The summed E-state index contributed by atoms with van der Waals surface area (Å²) in [6.07, 6.45) is 2.97. The molecule has 4 nitrogen and oxygen atoms in total. The van der Waals surface area contributed by atoms with Gasteiger partial charge in [0.25, 0.3) is 0 Å². The molecule has 1 aliphatic heterocycles. The fraction of sp³-hybridized carbons (Fsp3) is 0.733. The Balaban J connectivity index is 2.19. The van der Waals surface area contributed by atoms with Crippen molar-refractivity contribution in [1.82, 2.24) is 4.31 Å². The number of hydrogen-bond donors (Lipinski definition) is 1. The van der Waals surface area contributed by atoms with Crippen LogP contribution in [-0.4, -0.2) is 25.8 Å². The van der Waals surface area contributed by atoms with Crippen LogP contribution in [0.1, 0.15) is 44.9 Å². The van der Waals surface area contributed by atoms with Gasteiger partial charge < -0.3 is 5.73 Å². The fourth-order valence-corrected chi connectivity index (χ4v) is 5.82. The van der Waals surface area contributed by atoms with E-state index in [-0.39, 0.29) is 12.0 Å². The van der Waals surface area contributed by atoms with Gasteiger partial charge in [0.15, 0.2) is 0 Å². The standard InChI is InChI=1S/C15H26N2O2S2/c1-15(2,3)12-5-4-8-17(9-6-12)21(18,19)14-7-10-20-13(14)11-16/h7,10,12H,4-6,8-9,11,16H2,1-3H3. The van der Waals surface area contributed by atoms with Crippen molar-refractivity contribution in [3.63, 3.8) is 0 Å². The number of nitrogens with zero attached hydrogens (tertiary/aromatic N) is 1. The zero-order valence-electron chi connectivity index (χ0n) is 13.1. The highest BCUT2D eigenvalue weighted by molar-refractivity contribution is 7.89. The molecule has 1 saturated heterocycles. The van der Waals surface area contributed by atoms with Gasteiger partial charge >= 0.3 is 0 Å². The lowest BCUT2D eigenvalue weighted by atomic mass is 9.77. The van der Waals surface area contributed by atoms with E-state index in [9.17, 15) is 8.42 Å². The van der Waals surface area contributed by atoms with Crippen LogP contribution >= 0.6 is 11.3 Å². The van der Waals surface area contributed by atoms with Crippen molar-refractivity contribution in [3.05, 3.63) is 16.3 Å². The first-order chi connectivity index (χ1) is 9.76. The number of rotatable bonds is 3. The van der Waals surface area contributed by atoms with Crippen molar-refractivity contribution in [3.8, 4) is 0 Å². The monoisotopic (exact) mass is 330 g/mol. The molecule has 0 aromatic carbocycles. The Morgan fingerprint density at radius 1 is 1.33 bits per heavy atom. The predicted octanol–water partition coefficient (Wildman–Crippen LogP) is 3.04. The Morgan fingerprint density at radius 3 is 2.67 bits per heavy atom. The number of nitrogens with two attached hydrogens (primary N) is 1. The van der Waals surface area contributed by atoms with Gasteiger partial charge in [-0.05, 0) is 42.0 Å². The second-order valence-corrected chi connectivity index (χ2v) is 9.72. The molecule has 0 spiro atoms. The van der Waals surface area contributed by atoms with Crippen LogP contribution in [0.4, 0.5) is 0 Å².